The van der Waals surface area contributed by atoms with Crippen molar-refractivity contribution in [3.8, 4) is 11.1 Å². The molecule has 0 bridgehead atoms. The Morgan fingerprint density at radius 2 is 1.60 bits per heavy atom. The van der Waals surface area contributed by atoms with Gasteiger partial charge in [-0.05, 0) is 47.7 Å². The molecule has 3 rings (SSSR count). The summed E-state index contributed by atoms with van der Waals surface area (Å²) in [5.74, 6) is 0. The summed E-state index contributed by atoms with van der Waals surface area (Å²) in [7, 11) is 0. The van der Waals surface area contributed by atoms with E-state index in [1.54, 1.807) is 13.0 Å². The van der Waals surface area contributed by atoms with E-state index in [0.29, 0.717) is 17.2 Å². The summed E-state index contributed by atoms with van der Waals surface area (Å²) in [5, 5.41) is 19.9. The summed E-state index contributed by atoms with van der Waals surface area (Å²) in [5.41, 5.74) is -3.79. The second kappa shape index (κ2) is 5.11. The van der Waals surface area contributed by atoms with Gasteiger partial charge in [0.1, 0.15) is 0 Å². The number of aryl methyl sites for hydroxylation is 2. The van der Waals surface area contributed by atoms with Gasteiger partial charge in [0.25, 0.3) is 0 Å². The third-order valence-corrected chi connectivity index (χ3v) is 4.63. The summed E-state index contributed by atoms with van der Waals surface area (Å²) < 4.78 is 79.3. The Morgan fingerprint density at radius 1 is 1.00 bits per heavy atom. The summed E-state index contributed by atoms with van der Waals surface area (Å²) in [4.78, 5) is 0. The SMILES string of the molecule is Cc1cc(C)c2c(C(O)C(F)(F)F)cc3c-2c(c1)CC3(O)C(F)(F)F. The van der Waals surface area contributed by atoms with Gasteiger partial charge < -0.3 is 10.2 Å². The maximum absolute atomic E-state index is 13.4. The van der Waals surface area contributed by atoms with Crippen LogP contribution in [0.25, 0.3) is 11.1 Å². The van der Waals surface area contributed by atoms with Crippen LogP contribution in [0, 0.1) is 13.8 Å². The Kier molecular flexibility index (Phi) is 3.68. The third-order valence-electron chi connectivity index (χ3n) is 4.63. The molecule has 0 aromatic rings. The second-order valence-corrected chi connectivity index (χ2v) is 6.48. The first-order valence-electron chi connectivity index (χ1n) is 7.38. The standard InChI is InChI=1S/C17H14F6O2/c1-7-3-8(2)12-10(14(24)16(18,19)20)5-11-13(12)9(4-7)6-15(11,25)17(21,22)23/h3-5,14,24-25H,6H2,1-2H3. The average Bonchev–Trinajstić information content (AvgIpc) is 2.90. The van der Waals surface area contributed by atoms with Crippen LogP contribution in [-0.2, 0) is 12.0 Å². The summed E-state index contributed by atoms with van der Waals surface area (Å²) >= 11 is 0. The molecule has 0 spiro atoms. The zero-order valence-electron chi connectivity index (χ0n) is 13.2. The molecule has 0 saturated heterocycles. The summed E-state index contributed by atoms with van der Waals surface area (Å²) in [6.07, 6.45) is -13.8. The van der Waals surface area contributed by atoms with Crippen molar-refractivity contribution in [3.05, 3.63) is 46.0 Å². The lowest BCUT2D eigenvalue weighted by Gasteiger charge is -2.26. The molecule has 0 aromatic heterocycles. The van der Waals surface area contributed by atoms with Crippen molar-refractivity contribution in [1.82, 2.24) is 0 Å². The van der Waals surface area contributed by atoms with Crippen LogP contribution in [0.3, 0.4) is 0 Å². The number of alkyl halides is 6. The van der Waals surface area contributed by atoms with E-state index < -0.39 is 41.6 Å². The maximum Gasteiger partial charge on any atom is 0.421 e. The molecule has 0 heterocycles. The number of hydrogen-bond donors (Lipinski definition) is 2. The summed E-state index contributed by atoms with van der Waals surface area (Å²) in [6, 6.07) is 3.60. The van der Waals surface area contributed by atoms with Gasteiger partial charge in [0.15, 0.2) is 11.7 Å². The van der Waals surface area contributed by atoms with E-state index in [0.717, 1.165) is 0 Å². The fraction of sp³-hybridized carbons (Fsp3) is 0.412. The number of aliphatic hydroxyl groups is 2. The maximum atomic E-state index is 13.4. The van der Waals surface area contributed by atoms with Gasteiger partial charge in [0.05, 0.1) is 0 Å². The number of hydrogen-bond acceptors (Lipinski definition) is 2. The molecular formula is C17H14F6O2. The van der Waals surface area contributed by atoms with Crippen LogP contribution in [0.5, 0.6) is 0 Å². The predicted octanol–water partition coefficient (Wildman–Crippen LogP) is 4.31. The van der Waals surface area contributed by atoms with Gasteiger partial charge in [-0.25, -0.2) is 0 Å². The molecule has 0 saturated carbocycles. The van der Waals surface area contributed by atoms with Crippen molar-refractivity contribution in [3.63, 3.8) is 0 Å². The molecule has 2 N–H and O–H groups in total. The van der Waals surface area contributed by atoms with Crippen LogP contribution in [0.1, 0.15) is 33.9 Å². The molecule has 0 aliphatic heterocycles. The predicted molar refractivity (Wildman–Crippen MR) is 77.2 cm³/mol. The molecule has 25 heavy (non-hydrogen) atoms. The topological polar surface area (TPSA) is 40.5 Å². The van der Waals surface area contributed by atoms with E-state index in [2.05, 4.69) is 0 Å². The molecule has 3 aliphatic rings. The highest BCUT2D eigenvalue weighted by Gasteiger charge is 2.60. The first-order valence-corrected chi connectivity index (χ1v) is 7.38. The summed E-state index contributed by atoms with van der Waals surface area (Å²) in [6.45, 7) is 3.07. The van der Waals surface area contributed by atoms with E-state index >= 15 is 0 Å². The quantitative estimate of drug-likeness (QED) is 0.741. The second-order valence-electron chi connectivity index (χ2n) is 6.48. The lowest BCUT2D eigenvalue weighted by atomic mass is 9.95. The van der Waals surface area contributed by atoms with Crippen LogP contribution in [0.4, 0.5) is 26.3 Å². The minimum atomic E-state index is -5.06. The monoisotopic (exact) mass is 364 g/mol. The van der Waals surface area contributed by atoms with Crippen molar-refractivity contribution >= 4 is 0 Å². The van der Waals surface area contributed by atoms with E-state index in [1.807, 2.05) is 0 Å². The molecule has 8 heteroatoms. The molecule has 3 aliphatic carbocycles. The fourth-order valence-electron chi connectivity index (χ4n) is 3.62. The van der Waals surface area contributed by atoms with E-state index in [1.165, 1.54) is 13.0 Å². The molecule has 0 fully saturated rings. The number of halogens is 6. The van der Waals surface area contributed by atoms with Crippen LogP contribution in [0.2, 0.25) is 0 Å². The van der Waals surface area contributed by atoms with Gasteiger partial charge in [-0.3, -0.25) is 0 Å². The minimum absolute atomic E-state index is 0.0660. The highest BCUT2D eigenvalue weighted by Crippen LogP contribution is 2.56. The van der Waals surface area contributed by atoms with E-state index in [4.69, 9.17) is 0 Å². The van der Waals surface area contributed by atoms with Gasteiger partial charge in [0, 0.05) is 12.0 Å². The normalized spacial score (nSPS) is 21.8. The number of aliphatic hydroxyl groups excluding tert-OH is 1. The Morgan fingerprint density at radius 3 is 2.12 bits per heavy atom. The Bertz CT molecular complexity index is 824. The van der Waals surface area contributed by atoms with Gasteiger partial charge in [-0.2, -0.15) is 26.3 Å². The molecular weight excluding hydrogens is 350 g/mol. The molecule has 0 amide bonds. The Balaban J connectivity index is 2.38. The van der Waals surface area contributed by atoms with Gasteiger partial charge in [-0.15, -0.1) is 0 Å². The molecule has 2 atom stereocenters. The molecule has 2 nitrogen and oxygen atoms in total. The lowest BCUT2D eigenvalue weighted by Crippen LogP contribution is -2.41. The van der Waals surface area contributed by atoms with E-state index in [-0.39, 0.29) is 16.7 Å². The van der Waals surface area contributed by atoms with Crippen molar-refractivity contribution in [2.24, 2.45) is 0 Å². The van der Waals surface area contributed by atoms with E-state index in [9.17, 15) is 36.6 Å². The lowest BCUT2D eigenvalue weighted by molar-refractivity contribution is -0.264. The van der Waals surface area contributed by atoms with Crippen LogP contribution >= 0.6 is 0 Å². The minimum Gasteiger partial charge on any atom is -0.379 e. The van der Waals surface area contributed by atoms with Crippen molar-refractivity contribution in [1.29, 1.82) is 0 Å². The number of rotatable bonds is 1. The zero-order valence-corrected chi connectivity index (χ0v) is 13.2. The first kappa shape index (κ1) is 18.0. The molecule has 136 valence electrons. The highest BCUT2D eigenvalue weighted by molar-refractivity contribution is 5.84. The smallest absolute Gasteiger partial charge is 0.379 e. The average molecular weight is 364 g/mol. The molecule has 0 radical (unpaired) electrons. The van der Waals surface area contributed by atoms with Crippen LogP contribution < -0.4 is 0 Å². The van der Waals surface area contributed by atoms with Gasteiger partial charge in [0.2, 0.25) is 0 Å². The molecule has 0 aromatic carbocycles. The fourth-order valence-corrected chi connectivity index (χ4v) is 3.62. The van der Waals surface area contributed by atoms with Crippen molar-refractivity contribution in [2.45, 2.75) is 44.3 Å². The Labute approximate surface area is 139 Å². The van der Waals surface area contributed by atoms with Crippen molar-refractivity contribution in [2.75, 3.05) is 0 Å². The third kappa shape index (κ3) is 2.50. The van der Waals surface area contributed by atoms with Crippen molar-refractivity contribution < 1.29 is 36.6 Å². The first-order chi connectivity index (χ1) is 11.3. The van der Waals surface area contributed by atoms with Gasteiger partial charge >= 0.3 is 12.4 Å². The highest BCUT2D eigenvalue weighted by atomic mass is 19.4. The zero-order chi connectivity index (χ0) is 18.9. The Hall–Kier alpha value is -1.80. The largest absolute Gasteiger partial charge is 0.421 e. The van der Waals surface area contributed by atoms with Crippen LogP contribution in [-0.4, -0.2) is 22.6 Å². The van der Waals surface area contributed by atoms with Gasteiger partial charge in [-0.1, -0.05) is 17.7 Å². The van der Waals surface area contributed by atoms with Crippen LogP contribution in [0.15, 0.2) is 18.2 Å². The molecule has 2 unspecified atom stereocenters.